The van der Waals surface area contributed by atoms with Crippen LogP contribution >= 0.6 is 34.8 Å². The van der Waals surface area contributed by atoms with Gasteiger partial charge >= 0.3 is 0 Å². The molecule has 2 heterocycles. The zero-order valence-corrected chi connectivity index (χ0v) is 30.5. The van der Waals surface area contributed by atoms with Crippen LogP contribution in [0.5, 0.6) is 23.1 Å². The third kappa shape index (κ3) is 10.5. The Bertz CT molecular complexity index is 1920. The van der Waals surface area contributed by atoms with Crippen LogP contribution in [-0.4, -0.2) is 53.5 Å². The van der Waals surface area contributed by atoms with Gasteiger partial charge in [-0.25, -0.2) is 4.98 Å². The van der Waals surface area contributed by atoms with Gasteiger partial charge in [0.15, 0.2) is 5.75 Å². The van der Waals surface area contributed by atoms with Gasteiger partial charge in [0.05, 0.1) is 17.8 Å². The number of carbonyl (C=O) groups is 1. The maximum Gasteiger partial charge on any atom is 0.246 e. The van der Waals surface area contributed by atoms with Crippen molar-refractivity contribution in [1.29, 1.82) is 0 Å². The van der Waals surface area contributed by atoms with Crippen molar-refractivity contribution in [2.75, 3.05) is 32.8 Å². The largest absolute Gasteiger partial charge is 0.493 e. The summed E-state index contributed by atoms with van der Waals surface area (Å²) in [5.74, 6) is 2.28. The Labute approximate surface area is 313 Å². The molecule has 1 saturated heterocycles. The second-order valence-electron chi connectivity index (χ2n) is 12.3. The topological polar surface area (TPSA) is 64.1 Å². The summed E-state index contributed by atoms with van der Waals surface area (Å²) in [4.78, 5) is 21.7. The molecule has 0 N–H and O–H groups in total. The molecular formula is C41H38Cl3N3O4. The van der Waals surface area contributed by atoms with Crippen LogP contribution in [0.1, 0.15) is 27.8 Å². The Hall–Kier alpha value is -4.53. The molecule has 51 heavy (non-hydrogen) atoms. The van der Waals surface area contributed by atoms with Gasteiger partial charge in [0, 0.05) is 66.9 Å². The first-order chi connectivity index (χ1) is 24.8. The molecule has 10 heteroatoms. The number of aromatic nitrogens is 1. The highest BCUT2D eigenvalue weighted by molar-refractivity contribution is 6.32. The molecule has 6 rings (SSSR count). The maximum atomic E-state index is 13.0. The molecule has 1 fully saturated rings. The van der Waals surface area contributed by atoms with E-state index in [2.05, 4.69) is 34.1 Å². The first kappa shape index (κ1) is 36.3. The smallest absolute Gasteiger partial charge is 0.246 e. The van der Waals surface area contributed by atoms with Gasteiger partial charge in [-0.05, 0) is 83.8 Å². The zero-order valence-electron chi connectivity index (χ0n) is 28.2. The van der Waals surface area contributed by atoms with Crippen LogP contribution in [0.25, 0.3) is 6.08 Å². The molecule has 1 amide bonds. The van der Waals surface area contributed by atoms with E-state index in [9.17, 15) is 4.79 Å². The average molecular weight is 743 g/mol. The first-order valence-electron chi connectivity index (χ1n) is 16.7. The average Bonchev–Trinajstić information content (AvgIpc) is 3.14. The van der Waals surface area contributed by atoms with Crippen LogP contribution in [0, 0.1) is 6.92 Å². The lowest BCUT2D eigenvalue weighted by Crippen LogP contribution is -2.47. The van der Waals surface area contributed by atoms with Crippen LogP contribution in [0.3, 0.4) is 0 Å². The number of rotatable bonds is 13. The molecule has 1 aromatic heterocycles. The number of carbonyl (C=O) groups excluding carboxylic acids is 1. The van der Waals surface area contributed by atoms with Crippen molar-refractivity contribution in [1.82, 2.24) is 14.8 Å². The van der Waals surface area contributed by atoms with Crippen molar-refractivity contribution in [3.05, 3.63) is 152 Å². The van der Waals surface area contributed by atoms with Gasteiger partial charge in [-0.3, -0.25) is 9.69 Å². The van der Waals surface area contributed by atoms with Gasteiger partial charge in [-0.2, -0.15) is 0 Å². The van der Waals surface area contributed by atoms with Crippen LogP contribution in [0.4, 0.5) is 0 Å². The van der Waals surface area contributed by atoms with E-state index in [0.29, 0.717) is 58.8 Å². The number of nitrogens with zero attached hydrogens (tertiary/aromatic N) is 3. The Morgan fingerprint density at radius 1 is 0.804 bits per heavy atom. The van der Waals surface area contributed by atoms with Gasteiger partial charge in [-0.1, -0.05) is 77.3 Å². The summed E-state index contributed by atoms with van der Waals surface area (Å²) in [5.41, 5.74) is 5.01. The van der Waals surface area contributed by atoms with Gasteiger partial charge in [-0.15, -0.1) is 0 Å². The zero-order chi connectivity index (χ0) is 35.6. The summed E-state index contributed by atoms with van der Waals surface area (Å²) in [6.45, 7) is 6.67. The fourth-order valence-electron chi connectivity index (χ4n) is 5.66. The summed E-state index contributed by atoms with van der Waals surface area (Å²) in [7, 11) is 0. The standard InChI is InChI=1S/C41H38Cl3N3O4/c1-29-24-32(25-38(44)41(29)51-39-16-15-36(26-45-39)50-28-33-4-2-3-5-37(33)43)10-17-40(48)47-21-19-46(20-22-47)27-31-8-6-30(7-9-31)18-23-49-35-13-11-34(42)12-14-35/h2-17,24-26H,18-23,27-28H2,1H3. The van der Waals surface area contributed by atoms with Crippen molar-refractivity contribution in [3.63, 3.8) is 0 Å². The lowest BCUT2D eigenvalue weighted by atomic mass is 10.1. The Balaban J connectivity index is 0.935. The highest BCUT2D eigenvalue weighted by Crippen LogP contribution is 2.34. The summed E-state index contributed by atoms with van der Waals surface area (Å²) in [6.07, 6.45) is 5.83. The lowest BCUT2D eigenvalue weighted by molar-refractivity contribution is -0.127. The van der Waals surface area contributed by atoms with E-state index in [4.69, 9.17) is 49.0 Å². The van der Waals surface area contributed by atoms with Gasteiger partial charge in [0.1, 0.15) is 18.1 Å². The van der Waals surface area contributed by atoms with E-state index in [0.717, 1.165) is 48.5 Å². The van der Waals surface area contributed by atoms with Crippen LogP contribution in [0.2, 0.25) is 15.1 Å². The predicted octanol–water partition coefficient (Wildman–Crippen LogP) is 9.70. The van der Waals surface area contributed by atoms with Gasteiger partial charge < -0.3 is 19.1 Å². The number of benzene rings is 4. The number of hydrogen-bond acceptors (Lipinski definition) is 6. The van der Waals surface area contributed by atoms with E-state index in [1.54, 1.807) is 36.5 Å². The molecule has 4 aromatic carbocycles. The van der Waals surface area contributed by atoms with E-state index in [-0.39, 0.29) is 5.91 Å². The predicted molar refractivity (Wildman–Crippen MR) is 204 cm³/mol. The second kappa shape index (κ2) is 17.6. The molecule has 7 nitrogen and oxygen atoms in total. The summed E-state index contributed by atoms with van der Waals surface area (Å²) < 4.78 is 17.6. The molecule has 0 aliphatic carbocycles. The summed E-state index contributed by atoms with van der Waals surface area (Å²) in [6, 6.07) is 30.8. The number of pyridine rings is 1. The summed E-state index contributed by atoms with van der Waals surface area (Å²) in [5, 5.41) is 1.78. The van der Waals surface area contributed by atoms with Crippen LogP contribution in [-0.2, 0) is 24.4 Å². The lowest BCUT2D eigenvalue weighted by Gasteiger charge is -2.34. The molecular weight excluding hydrogens is 705 g/mol. The third-order valence-electron chi connectivity index (χ3n) is 8.52. The van der Waals surface area contributed by atoms with E-state index in [1.165, 1.54) is 11.1 Å². The number of hydrogen-bond donors (Lipinski definition) is 0. The SMILES string of the molecule is Cc1cc(C=CC(=O)N2CCN(Cc3ccc(CCOc4ccc(Cl)cc4)cc3)CC2)cc(Cl)c1Oc1ccc(OCc2ccccc2Cl)cn1. The fourth-order valence-corrected chi connectivity index (χ4v) is 6.29. The minimum atomic E-state index is -0.0185. The quantitative estimate of drug-likeness (QED) is 0.112. The minimum Gasteiger partial charge on any atom is -0.493 e. The highest BCUT2D eigenvalue weighted by Gasteiger charge is 2.20. The molecule has 0 unspecified atom stereocenters. The number of halogens is 3. The number of piperazine rings is 1. The van der Waals surface area contributed by atoms with E-state index < -0.39 is 0 Å². The molecule has 0 atom stereocenters. The summed E-state index contributed by atoms with van der Waals surface area (Å²) >= 11 is 18.8. The molecule has 0 radical (unpaired) electrons. The first-order valence-corrected chi connectivity index (χ1v) is 17.9. The molecule has 0 saturated carbocycles. The molecule has 0 spiro atoms. The number of aryl methyl sites for hydroxylation is 1. The molecule has 262 valence electrons. The van der Waals surface area contributed by atoms with Gasteiger partial charge in [0.25, 0.3) is 0 Å². The van der Waals surface area contributed by atoms with Crippen molar-refractivity contribution < 1.29 is 19.0 Å². The fraction of sp³-hybridized carbons (Fsp3) is 0.220. The highest BCUT2D eigenvalue weighted by atomic mass is 35.5. The molecule has 5 aromatic rings. The van der Waals surface area contributed by atoms with E-state index >= 15 is 0 Å². The normalized spacial score (nSPS) is 13.4. The number of amides is 1. The van der Waals surface area contributed by atoms with Crippen LogP contribution < -0.4 is 14.2 Å². The number of ether oxygens (including phenoxy) is 3. The van der Waals surface area contributed by atoms with Crippen molar-refractivity contribution in [3.8, 4) is 23.1 Å². The van der Waals surface area contributed by atoms with Crippen molar-refractivity contribution in [2.24, 2.45) is 0 Å². The molecule has 1 aliphatic rings. The Kier molecular flexibility index (Phi) is 12.5. The minimum absolute atomic E-state index is 0.0185. The monoisotopic (exact) mass is 741 g/mol. The van der Waals surface area contributed by atoms with Crippen molar-refractivity contribution >= 4 is 46.8 Å². The van der Waals surface area contributed by atoms with Gasteiger partial charge in [0.2, 0.25) is 11.8 Å². The Morgan fingerprint density at radius 3 is 2.24 bits per heavy atom. The molecule has 1 aliphatic heterocycles. The Morgan fingerprint density at radius 2 is 1.53 bits per heavy atom. The van der Waals surface area contributed by atoms with Crippen LogP contribution in [0.15, 0.2) is 109 Å². The maximum absolute atomic E-state index is 13.0. The van der Waals surface area contributed by atoms with Crippen molar-refractivity contribution in [2.45, 2.75) is 26.5 Å². The molecule has 0 bridgehead atoms. The third-order valence-corrected chi connectivity index (χ3v) is 9.43. The second-order valence-corrected chi connectivity index (χ2v) is 13.5. The van der Waals surface area contributed by atoms with E-state index in [1.807, 2.05) is 66.4 Å².